The van der Waals surface area contributed by atoms with Crippen molar-refractivity contribution in [2.24, 2.45) is 33.8 Å². The lowest BCUT2D eigenvalue weighted by Crippen LogP contribution is -2.58. The SMILES string of the molecule is CCC(C)C(N)C(=O)NC(Cc1cnc[nH]1)C(=O)NC(CCCCN)C(=O)NC(CCCN=C(N)N)C(=O)O. The molecule has 0 fully saturated rings. The van der Waals surface area contributed by atoms with Gasteiger partial charge >= 0.3 is 5.97 Å². The van der Waals surface area contributed by atoms with E-state index in [-0.39, 0.29) is 37.7 Å². The number of rotatable bonds is 19. The fourth-order valence-electron chi connectivity index (χ4n) is 3.67. The van der Waals surface area contributed by atoms with Crippen LogP contribution in [0.25, 0.3) is 0 Å². The van der Waals surface area contributed by atoms with Gasteiger partial charge < -0.3 is 49.0 Å². The molecule has 0 bridgehead atoms. The summed E-state index contributed by atoms with van der Waals surface area (Å²) in [5.74, 6) is -3.26. The van der Waals surface area contributed by atoms with E-state index in [1.807, 2.05) is 13.8 Å². The molecule has 1 heterocycles. The van der Waals surface area contributed by atoms with E-state index in [4.69, 9.17) is 22.9 Å². The molecule has 13 N–H and O–H groups in total. The highest BCUT2D eigenvalue weighted by atomic mass is 16.4. The number of carbonyl (C=O) groups is 4. The Hall–Kier alpha value is -3.72. The molecule has 15 heteroatoms. The van der Waals surface area contributed by atoms with Crippen molar-refractivity contribution in [1.82, 2.24) is 25.9 Å². The first-order chi connectivity index (χ1) is 18.5. The quantitative estimate of drug-likeness (QED) is 0.0519. The van der Waals surface area contributed by atoms with E-state index in [2.05, 4.69) is 30.9 Å². The third kappa shape index (κ3) is 12.6. The van der Waals surface area contributed by atoms with Gasteiger partial charge in [0.25, 0.3) is 0 Å². The van der Waals surface area contributed by atoms with Gasteiger partial charge in [0.15, 0.2) is 5.96 Å². The van der Waals surface area contributed by atoms with Gasteiger partial charge in [-0.1, -0.05) is 20.3 Å². The molecule has 5 unspecified atom stereocenters. The average Bonchev–Trinajstić information content (AvgIpc) is 3.41. The minimum Gasteiger partial charge on any atom is -0.480 e. The highest BCUT2D eigenvalue weighted by Gasteiger charge is 2.31. The number of aliphatic imine (C=N–C) groups is 1. The Balaban J connectivity index is 3.03. The summed E-state index contributed by atoms with van der Waals surface area (Å²) >= 11 is 0. The van der Waals surface area contributed by atoms with Gasteiger partial charge in [-0.25, -0.2) is 9.78 Å². The molecule has 1 aromatic heterocycles. The molecule has 1 rings (SSSR count). The number of nitrogens with one attached hydrogen (secondary N) is 4. The van der Waals surface area contributed by atoms with Crippen molar-refractivity contribution in [3.05, 3.63) is 18.2 Å². The Morgan fingerprint density at radius 2 is 1.62 bits per heavy atom. The molecular formula is C24H44N10O5. The van der Waals surface area contributed by atoms with E-state index in [0.29, 0.717) is 37.9 Å². The van der Waals surface area contributed by atoms with Gasteiger partial charge in [-0.15, -0.1) is 0 Å². The Morgan fingerprint density at radius 3 is 2.18 bits per heavy atom. The van der Waals surface area contributed by atoms with Gasteiger partial charge in [-0.05, 0) is 44.6 Å². The second-order valence-electron chi connectivity index (χ2n) is 9.45. The van der Waals surface area contributed by atoms with Gasteiger partial charge in [0.2, 0.25) is 17.7 Å². The smallest absolute Gasteiger partial charge is 0.326 e. The van der Waals surface area contributed by atoms with E-state index < -0.39 is 47.9 Å². The molecule has 39 heavy (non-hydrogen) atoms. The second-order valence-corrected chi connectivity index (χ2v) is 9.45. The number of aliphatic carboxylic acids is 1. The van der Waals surface area contributed by atoms with Gasteiger partial charge in [-0.2, -0.15) is 0 Å². The topological polar surface area (TPSA) is 270 Å². The average molecular weight is 553 g/mol. The number of nitrogens with two attached hydrogens (primary N) is 4. The molecule has 0 aromatic carbocycles. The van der Waals surface area contributed by atoms with Crippen LogP contribution in [0.15, 0.2) is 17.5 Å². The number of aromatic amines is 1. The number of imidazole rings is 1. The normalized spacial score (nSPS) is 14.8. The number of H-pyrrole nitrogens is 1. The van der Waals surface area contributed by atoms with Crippen molar-refractivity contribution in [2.75, 3.05) is 13.1 Å². The van der Waals surface area contributed by atoms with Crippen LogP contribution in [0.1, 0.15) is 58.1 Å². The molecule has 1 aromatic rings. The van der Waals surface area contributed by atoms with Crippen LogP contribution in [0.3, 0.4) is 0 Å². The first-order valence-corrected chi connectivity index (χ1v) is 13.1. The zero-order chi connectivity index (χ0) is 29.4. The van der Waals surface area contributed by atoms with E-state index in [0.717, 1.165) is 0 Å². The molecule has 220 valence electrons. The van der Waals surface area contributed by atoms with Gasteiger partial charge in [0.1, 0.15) is 18.1 Å². The summed E-state index contributed by atoms with van der Waals surface area (Å²) in [5, 5.41) is 17.4. The van der Waals surface area contributed by atoms with Crippen LogP contribution in [-0.2, 0) is 25.6 Å². The fourth-order valence-corrected chi connectivity index (χ4v) is 3.67. The van der Waals surface area contributed by atoms with Gasteiger partial charge in [-0.3, -0.25) is 19.4 Å². The first kappa shape index (κ1) is 33.3. The molecule has 0 aliphatic carbocycles. The lowest BCUT2D eigenvalue weighted by molar-refractivity contribution is -0.142. The number of amides is 3. The zero-order valence-electron chi connectivity index (χ0n) is 22.7. The summed E-state index contributed by atoms with van der Waals surface area (Å²) in [4.78, 5) is 61.6. The van der Waals surface area contributed by atoms with E-state index in [1.54, 1.807) is 0 Å². The molecule has 15 nitrogen and oxygen atoms in total. The largest absolute Gasteiger partial charge is 0.480 e. The Labute approximate surface area is 228 Å². The summed E-state index contributed by atoms with van der Waals surface area (Å²) in [6.07, 6.45) is 5.42. The molecule has 0 saturated carbocycles. The van der Waals surface area contributed by atoms with E-state index in [1.165, 1.54) is 12.5 Å². The molecule has 5 atom stereocenters. The number of guanidine groups is 1. The molecular weight excluding hydrogens is 508 g/mol. The number of nitrogens with zero attached hydrogens (tertiary/aromatic N) is 2. The summed E-state index contributed by atoms with van der Waals surface area (Å²) in [7, 11) is 0. The first-order valence-electron chi connectivity index (χ1n) is 13.1. The summed E-state index contributed by atoms with van der Waals surface area (Å²) in [5.41, 5.74) is 22.8. The predicted octanol–water partition coefficient (Wildman–Crippen LogP) is -1.95. The fraction of sp³-hybridized carbons (Fsp3) is 0.667. The van der Waals surface area contributed by atoms with Crippen molar-refractivity contribution in [3.63, 3.8) is 0 Å². The molecule has 0 aliphatic heterocycles. The number of hydrogen-bond acceptors (Lipinski definition) is 8. The number of carbonyl (C=O) groups excluding carboxylic acids is 3. The maximum absolute atomic E-state index is 13.3. The van der Waals surface area contributed by atoms with E-state index >= 15 is 0 Å². The number of aromatic nitrogens is 2. The Bertz CT molecular complexity index is 936. The third-order valence-corrected chi connectivity index (χ3v) is 6.31. The van der Waals surface area contributed by atoms with Crippen LogP contribution in [-0.4, -0.2) is 82.0 Å². The van der Waals surface area contributed by atoms with Crippen LogP contribution in [0.2, 0.25) is 0 Å². The summed E-state index contributed by atoms with van der Waals surface area (Å²) in [6, 6.07) is -4.17. The van der Waals surface area contributed by atoms with Crippen molar-refractivity contribution in [1.29, 1.82) is 0 Å². The molecule has 0 aliphatic rings. The van der Waals surface area contributed by atoms with Crippen LogP contribution in [0.5, 0.6) is 0 Å². The molecule has 0 radical (unpaired) electrons. The molecule has 0 saturated heterocycles. The number of unbranched alkanes of at least 4 members (excludes halogenated alkanes) is 1. The van der Waals surface area contributed by atoms with E-state index in [9.17, 15) is 24.3 Å². The Kier molecular flexibility index (Phi) is 15.1. The monoisotopic (exact) mass is 552 g/mol. The highest BCUT2D eigenvalue weighted by Crippen LogP contribution is 2.09. The molecule has 3 amide bonds. The summed E-state index contributed by atoms with van der Waals surface area (Å²) in [6.45, 7) is 4.33. The third-order valence-electron chi connectivity index (χ3n) is 6.31. The van der Waals surface area contributed by atoms with Crippen molar-refractivity contribution in [3.8, 4) is 0 Å². The van der Waals surface area contributed by atoms with Crippen molar-refractivity contribution >= 4 is 29.7 Å². The zero-order valence-corrected chi connectivity index (χ0v) is 22.7. The number of carboxylic acids is 1. The van der Waals surface area contributed by atoms with Crippen LogP contribution < -0.4 is 38.9 Å². The van der Waals surface area contributed by atoms with Crippen LogP contribution in [0.4, 0.5) is 0 Å². The molecule has 0 spiro atoms. The summed E-state index contributed by atoms with van der Waals surface area (Å²) < 4.78 is 0. The van der Waals surface area contributed by atoms with Gasteiger partial charge in [0.05, 0.1) is 12.4 Å². The lowest BCUT2D eigenvalue weighted by Gasteiger charge is -2.26. The number of hydrogen-bond donors (Lipinski definition) is 9. The standard InChI is InChI=1S/C24H44N10O5/c1-3-14(2)19(26)22(37)34-18(11-15-12-29-13-31-15)21(36)32-16(7-4-5-9-25)20(35)33-17(23(38)39)8-6-10-30-24(27)28/h12-14,16-19H,3-11,25-26H2,1-2H3,(H,29,31)(H,32,36)(H,33,35)(H,34,37)(H,38,39)(H4,27,28,30). The predicted molar refractivity (Wildman–Crippen MR) is 146 cm³/mol. The Morgan fingerprint density at radius 1 is 1.00 bits per heavy atom. The lowest BCUT2D eigenvalue weighted by atomic mass is 9.98. The van der Waals surface area contributed by atoms with Crippen molar-refractivity contribution in [2.45, 2.75) is 83.0 Å². The minimum atomic E-state index is -1.23. The van der Waals surface area contributed by atoms with Gasteiger partial charge in [0, 0.05) is 24.9 Å². The number of carboxylic acid groups (broad SMARTS) is 1. The highest BCUT2D eigenvalue weighted by molar-refractivity contribution is 5.94. The second kappa shape index (κ2) is 17.7. The van der Waals surface area contributed by atoms with Crippen molar-refractivity contribution < 1.29 is 24.3 Å². The maximum Gasteiger partial charge on any atom is 0.326 e. The minimum absolute atomic E-state index is 0.0739. The van der Waals surface area contributed by atoms with Crippen LogP contribution >= 0.6 is 0 Å². The maximum atomic E-state index is 13.3. The van der Waals surface area contributed by atoms with Crippen LogP contribution in [0, 0.1) is 5.92 Å².